The summed E-state index contributed by atoms with van der Waals surface area (Å²) < 4.78 is 17.3. The molecular weight excluding hydrogens is 405 g/mol. The Kier molecular flexibility index (Phi) is 6.08. The van der Waals surface area contributed by atoms with Crippen LogP contribution in [0.15, 0.2) is 54.2 Å². The highest BCUT2D eigenvalue weighted by Gasteiger charge is 2.35. The predicted octanol–water partition coefficient (Wildman–Crippen LogP) is 3.52. The van der Waals surface area contributed by atoms with E-state index in [-0.39, 0.29) is 17.6 Å². The maximum absolute atomic E-state index is 13.6. The molecular formula is C21H20FN5O2S. The number of benzene rings is 1. The van der Waals surface area contributed by atoms with E-state index in [4.69, 9.17) is 0 Å². The number of carbonyl (C=O) groups excluding carboxylic acids is 2. The summed E-state index contributed by atoms with van der Waals surface area (Å²) >= 11 is 1.04. The zero-order valence-corrected chi connectivity index (χ0v) is 16.9. The first-order chi connectivity index (χ1) is 14.6. The minimum absolute atomic E-state index is 0.0720. The number of anilines is 1. The van der Waals surface area contributed by atoms with Gasteiger partial charge < -0.3 is 5.32 Å². The average molecular weight is 425 g/mol. The van der Waals surface area contributed by atoms with Crippen molar-refractivity contribution in [1.82, 2.24) is 19.9 Å². The van der Waals surface area contributed by atoms with Crippen LogP contribution in [0.4, 0.5) is 10.1 Å². The number of hydrogen-bond donors (Lipinski definition) is 1. The molecule has 1 fully saturated rings. The lowest BCUT2D eigenvalue weighted by Gasteiger charge is -2.31. The second-order valence-electron chi connectivity index (χ2n) is 7.12. The molecule has 2 aromatic heterocycles. The molecule has 4 rings (SSSR count). The normalized spacial score (nSPS) is 15.0. The van der Waals surface area contributed by atoms with E-state index < -0.39 is 17.8 Å². The van der Waals surface area contributed by atoms with Crippen molar-refractivity contribution >= 4 is 29.0 Å². The highest BCUT2D eigenvalue weighted by atomic mass is 32.1. The van der Waals surface area contributed by atoms with Gasteiger partial charge in [-0.2, -0.15) is 0 Å². The lowest BCUT2D eigenvalue weighted by molar-refractivity contribution is -0.123. The molecule has 3 aromatic rings. The quantitative estimate of drug-likeness (QED) is 0.653. The summed E-state index contributed by atoms with van der Waals surface area (Å²) in [6, 6.07) is 7.99. The van der Waals surface area contributed by atoms with Crippen LogP contribution in [0, 0.1) is 5.82 Å². The molecule has 154 valence electrons. The number of halogens is 1. The van der Waals surface area contributed by atoms with Crippen molar-refractivity contribution in [2.45, 2.75) is 37.8 Å². The van der Waals surface area contributed by atoms with E-state index in [1.54, 1.807) is 24.5 Å². The first kappa shape index (κ1) is 20.1. The lowest BCUT2D eigenvalue weighted by atomic mass is 10.0. The molecule has 2 amide bonds. The van der Waals surface area contributed by atoms with Crippen LogP contribution in [0.3, 0.4) is 0 Å². The largest absolute Gasteiger partial charge is 0.351 e. The zero-order valence-electron chi connectivity index (χ0n) is 16.1. The Balaban J connectivity index is 1.78. The van der Waals surface area contributed by atoms with Crippen LogP contribution < -0.4 is 10.2 Å². The van der Waals surface area contributed by atoms with E-state index >= 15 is 0 Å². The van der Waals surface area contributed by atoms with E-state index in [0.29, 0.717) is 11.3 Å². The van der Waals surface area contributed by atoms with Crippen molar-refractivity contribution in [2.75, 3.05) is 4.90 Å². The molecule has 30 heavy (non-hydrogen) atoms. The van der Waals surface area contributed by atoms with Crippen LogP contribution in [0.5, 0.6) is 0 Å². The second kappa shape index (κ2) is 9.08. The fourth-order valence-corrected chi connectivity index (χ4v) is 4.10. The van der Waals surface area contributed by atoms with Gasteiger partial charge in [0.2, 0.25) is 5.91 Å². The van der Waals surface area contributed by atoms with Gasteiger partial charge in [0.25, 0.3) is 5.91 Å². The molecule has 0 unspecified atom stereocenters. The van der Waals surface area contributed by atoms with Crippen LogP contribution in [0.1, 0.15) is 47.8 Å². The van der Waals surface area contributed by atoms with Crippen LogP contribution in [-0.2, 0) is 4.79 Å². The molecule has 0 aliphatic heterocycles. The van der Waals surface area contributed by atoms with E-state index in [0.717, 1.165) is 37.2 Å². The molecule has 0 spiro atoms. The van der Waals surface area contributed by atoms with Crippen LogP contribution in [-0.4, -0.2) is 32.4 Å². The van der Waals surface area contributed by atoms with E-state index in [9.17, 15) is 14.0 Å². The minimum Gasteiger partial charge on any atom is -0.351 e. The molecule has 1 saturated carbocycles. The van der Waals surface area contributed by atoms with Gasteiger partial charge >= 0.3 is 0 Å². The summed E-state index contributed by atoms with van der Waals surface area (Å²) in [6.45, 7) is 0. The van der Waals surface area contributed by atoms with Gasteiger partial charge in [-0.3, -0.25) is 19.5 Å². The third-order valence-electron chi connectivity index (χ3n) is 5.11. The van der Waals surface area contributed by atoms with E-state index in [2.05, 4.69) is 19.9 Å². The molecule has 1 N–H and O–H groups in total. The molecule has 1 aliphatic rings. The Labute approximate surface area is 177 Å². The standard InChI is InChI=1S/C21H20FN5O2S/c22-15-7-9-17(10-8-15)27(21(29)18-13-30-26-25-18)19(14-4-3-11-23-12-14)20(28)24-16-5-1-2-6-16/h3-4,7-13,16,19H,1-2,5-6H2,(H,24,28)/t19-/m1/s1. The number of hydrogen-bond acceptors (Lipinski definition) is 6. The summed E-state index contributed by atoms with van der Waals surface area (Å²) in [7, 11) is 0. The molecule has 0 saturated heterocycles. The van der Waals surface area contributed by atoms with Crippen LogP contribution >= 0.6 is 11.5 Å². The molecule has 9 heteroatoms. The highest BCUT2D eigenvalue weighted by Crippen LogP contribution is 2.30. The molecule has 2 heterocycles. The molecule has 1 aliphatic carbocycles. The molecule has 0 radical (unpaired) electrons. The summed E-state index contributed by atoms with van der Waals surface area (Å²) in [6.07, 6.45) is 7.10. The monoisotopic (exact) mass is 425 g/mol. The average Bonchev–Trinajstić information content (AvgIpc) is 3.47. The Morgan fingerprint density at radius 2 is 1.93 bits per heavy atom. The number of carbonyl (C=O) groups is 2. The Morgan fingerprint density at radius 3 is 2.57 bits per heavy atom. The minimum atomic E-state index is -0.987. The zero-order chi connectivity index (χ0) is 20.9. The van der Waals surface area contributed by atoms with Gasteiger partial charge in [-0.15, -0.1) is 5.10 Å². The SMILES string of the molecule is O=C(NC1CCCC1)[C@@H](c1cccnc1)N(C(=O)c1csnn1)c1ccc(F)cc1. The van der Waals surface area contributed by atoms with Gasteiger partial charge in [0.15, 0.2) is 5.69 Å². The summed E-state index contributed by atoms with van der Waals surface area (Å²) in [5.41, 5.74) is 1.05. The predicted molar refractivity (Wildman–Crippen MR) is 110 cm³/mol. The number of pyridine rings is 1. The van der Waals surface area contributed by atoms with Gasteiger partial charge in [-0.1, -0.05) is 23.4 Å². The van der Waals surface area contributed by atoms with Gasteiger partial charge in [0.05, 0.1) is 0 Å². The van der Waals surface area contributed by atoms with E-state index in [1.165, 1.54) is 34.5 Å². The molecule has 1 atom stereocenters. The van der Waals surface area contributed by atoms with Crippen LogP contribution in [0.25, 0.3) is 0 Å². The number of amides is 2. The Hall–Kier alpha value is -3.20. The number of nitrogens with one attached hydrogen (secondary N) is 1. The first-order valence-electron chi connectivity index (χ1n) is 9.70. The number of aromatic nitrogens is 3. The Morgan fingerprint density at radius 1 is 1.17 bits per heavy atom. The second-order valence-corrected chi connectivity index (χ2v) is 7.73. The van der Waals surface area contributed by atoms with Crippen molar-refractivity contribution in [3.8, 4) is 0 Å². The summed E-state index contributed by atoms with van der Waals surface area (Å²) in [5.74, 6) is -1.24. The van der Waals surface area contributed by atoms with Crippen LogP contribution in [0.2, 0.25) is 0 Å². The van der Waals surface area contributed by atoms with Gasteiger partial charge in [0, 0.05) is 35.1 Å². The topological polar surface area (TPSA) is 88.1 Å². The lowest BCUT2D eigenvalue weighted by Crippen LogP contribution is -2.46. The molecule has 1 aromatic carbocycles. The van der Waals surface area contributed by atoms with Crippen molar-refractivity contribution in [2.24, 2.45) is 0 Å². The van der Waals surface area contributed by atoms with Crippen molar-refractivity contribution in [3.05, 3.63) is 71.2 Å². The summed E-state index contributed by atoms with van der Waals surface area (Å²) in [5, 5.41) is 8.47. The third-order valence-corrected chi connectivity index (χ3v) is 5.62. The first-order valence-corrected chi connectivity index (χ1v) is 10.5. The summed E-state index contributed by atoms with van der Waals surface area (Å²) in [4.78, 5) is 32.3. The maximum atomic E-state index is 13.6. The highest BCUT2D eigenvalue weighted by molar-refractivity contribution is 7.03. The smallest absolute Gasteiger partial charge is 0.280 e. The van der Waals surface area contributed by atoms with Crippen molar-refractivity contribution in [1.29, 1.82) is 0 Å². The fourth-order valence-electron chi connectivity index (χ4n) is 3.67. The fraction of sp³-hybridized carbons (Fsp3) is 0.286. The number of rotatable bonds is 6. The van der Waals surface area contributed by atoms with E-state index in [1.807, 2.05) is 0 Å². The Bertz CT molecular complexity index is 992. The number of nitrogens with zero attached hydrogens (tertiary/aromatic N) is 4. The molecule has 7 nitrogen and oxygen atoms in total. The van der Waals surface area contributed by atoms with Gasteiger partial charge in [-0.25, -0.2) is 4.39 Å². The maximum Gasteiger partial charge on any atom is 0.280 e. The van der Waals surface area contributed by atoms with Crippen molar-refractivity contribution in [3.63, 3.8) is 0 Å². The van der Waals surface area contributed by atoms with Gasteiger partial charge in [-0.05, 0) is 54.7 Å². The third kappa shape index (κ3) is 4.35. The van der Waals surface area contributed by atoms with Crippen molar-refractivity contribution < 1.29 is 14.0 Å². The van der Waals surface area contributed by atoms with Gasteiger partial charge in [0.1, 0.15) is 11.9 Å². The molecule has 0 bridgehead atoms.